The van der Waals surface area contributed by atoms with Crippen molar-refractivity contribution in [3.63, 3.8) is 0 Å². The van der Waals surface area contributed by atoms with E-state index in [1.807, 2.05) is 0 Å². The van der Waals surface area contributed by atoms with Crippen molar-refractivity contribution in [3.05, 3.63) is 75.8 Å². The molecule has 1 aliphatic rings. The number of rotatable bonds is 5. The fraction of sp³-hybridized carbons (Fsp3) is 0.167. The van der Waals surface area contributed by atoms with Gasteiger partial charge >= 0.3 is 5.97 Å². The molecule has 3 aromatic rings. The van der Waals surface area contributed by atoms with Gasteiger partial charge in [0.15, 0.2) is 17.3 Å². The predicted octanol–water partition coefficient (Wildman–Crippen LogP) is 4.44. The first-order chi connectivity index (χ1) is 15.3. The summed E-state index contributed by atoms with van der Waals surface area (Å²) >= 11 is 5.90. The number of aromatic hydroxyl groups is 2. The number of phenolic OH excluding ortho intramolecular Hbond substituents is 2. The molecule has 0 bridgehead atoms. The molecule has 2 N–H and O–H groups in total. The molecule has 1 heterocycles. The molecule has 0 unspecified atom stereocenters. The fourth-order valence-corrected chi connectivity index (χ4v) is 3.91. The third kappa shape index (κ3) is 3.71. The first-order valence-electron chi connectivity index (χ1n) is 9.65. The number of esters is 1. The molecule has 4 rings (SSSR count). The van der Waals surface area contributed by atoms with Gasteiger partial charge in [-0.2, -0.15) is 0 Å². The molecule has 1 aliphatic heterocycles. The quantitative estimate of drug-likeness (QED) is 0.334. The fourth-order valence-electron chi connectivity index (χ4n) is 3.79. The summed E-state index contributed by atoms with van der Waals surface area (Å²) in [5, 5.41) is 21.8. The van der Waals surface area contributed by atoms with E-state index in [4.69, 9.17) is 25.8 Å². The number of hydrogen-bond donors (Lipinski definition) is 2. The van der Waals surface area contributed by atoms with Crippen LogP contribution in [0.2, 0.25) is 5.02 Å². The predicted molar refractivity (Wildman–Crippen MR) is 116 cm³/mol. The lowest BCUT2D eigenvalue weighted by molar-refractivity contribution is -0.135. The van der Waals surface area contributed by atoms with Gasteiger partial charge < -0.3 is 24.4 Å². The van der Waals surface area contributed by atoms with E-state index < -0.39 is 17.7 Å². The maximum Gasteiger partial charge on any atom is 0.312 e. The number of hydrogen-bond acceptors (Lipinski definition) is 7. The lowest BCUT2D eigenvalue weighted by Crippen LogP contribution is -2.22. The Morgan fingerprint density at radius 2 is 1.62 bits per heavy atom. The molecule has 0 saturated heterocycles. The molecule has 0 radical (unpaired) electrons. The van der Waals surface area contributed by atoms with E-state index in [2.05, 4.69) is 0 Å². The van der Waals surface area contributed by atoms with Crippen molar-refractivity contribution in [2.75, 3.05) is 14.2 Å². The molecular formula is C24H19ClO7. The topological polar surface area (TPSA) is 102 Å². The molecule has 1 atom stereocenters. The molecule has 0 saturated carbocycles. The molecule has 3 aromatic carbocycles. The monoisotopic (exact) mass is 454 g/mol. The molecule has 0 aliphatic carbocycles. The third-order valence-corrected chi connectivity index (χ3v) is 5.63. The Morgan fingerprint density at radius 3 is 2.22 bits per heavy atom. The average molecular weight is 455 g/mol. The summed E-state index contributed by atoms with van der Waals surface area (Å²) in [6.45, 7) is 0. The molecule has 0 aromatic heterocycles. The van der Waals surface area contributed by atoms with Gasteiger partial charge in [-0.25, -0.2) is 0 Å². The summed E-state index contributed by atoms with van der Waals surface area (Å²) in [6.07, 6.45) is -0.0871. The van der Waals surface area contributed by atoms with Gasteiger partial charge in [0.2, 0.25) is 5.75 Å². The molecule has 0 amide bonds. The Balaban J connectivity index is 1.86. The van der Waals surface area contributed by atoms with Crippen LogP contribution in [0.1, 0.15) is 39.4 Å². The maximum atomic E-state index is 13.0. The number of carbonyl (C=O) groups excluding carboxylic acids is 2. The molecule has 7 nitrogen and oxygen atoms in total. The Bertz CT molecular complexity index is 1190. The first kappa shape index (κ1) is 21.5. The summed E-state index contributed by atoms with van der Waals surface area (Å²) in [4.78, 5) is 25.3. The van der Waals surface area contributed by atoms with E-state index in [1.165, 1.54) is 26.4 Å². The summed E-state index contributed by atoms with van der Waals surface area (Å²) < 4.78 is 15.8. The van der Waals surface area contributed by atoms with Gasteiger partial charge in [-0.3, -0.25) is 9.59 Å². The van der Waals surface area contributed by atoms with Crippen molar-refractivity contribution in [2.24, 2.45) is 0 Å². The summed E-state index contributed by atoms with van der Waals surface area (Å²) in [6, 6.07) is 12.3. The number of methoxy groups -OCH3 is 2. The van der Waals surface area contributed by atoms with Gasteiger partial charge in [0.25, 0.3) is 0 Å². The standard InChI is InChI=1S/C24H19ClO7/c1-30-18-9-13(10-19(31-2)24(18)29)16-11-20(26)32-17-8-7-15(23(28)21(16)17)22(27)12-3-5-14(25)6-4-12/h3-10,16,28-29H,11H2,1-2H3/t16-/m1/s1. The molecular weight excluding hydrogens is 436 g/mol. The van der Waals surface area contributed by atoms with Gasteiger partial charge in [0, 0.05) is 22.1 Å². The second kappa shape index (κ2) is 8.43. The van der Waals surface area contributed by atoms with Crippen LogP contribution in [0.15, 0.2) is 48.5 Å². The Hall–Kier alpha value is -3.71. The van der Waals surface area contributed by atoms with Crippen molar-refractivity contribution >= 4 is 23.4 Å². The van der Waals surface area contributed by atoms with Crippen molar-refractivity contribution in [2.45, 2.75) is 12.3 Å². The Kier molecular flexibility index (Phi) is 5.67. The van der Waals surface area contributed by atoms with Crippen molar-refractivity contribution in [3.8, 4) is 28.7 Å². The number of ether oxygens (including phenoxy) is 3. The summed E-state index contributed by atoms with van der Waals surface area (Å²) in [7, 11) is 2.78. The van der Waals surface area contributed by atoms with Crippen LogP contribution in [0.5, 0.6) is 28.7 Å². The maximum absolute atomic E-state index is 13.0. The number of carbonyl (C=O) groups is 2. The van der Waals surface area contributed by atoms with E-state index in [-0.39, 0.29) is 40.7 Å². The Morgan fingerprint density at radius 1 is 1.00 bits per heavy atom. The average Bonchev–Trinajstić information content (AvgIpc) is 2.79. The SMILES string of the molecule is COc1cc([C@H]2CC(=O)Oc3ccc(C(=O)c4ccc(Cl)cc4)c(O)c32)cc(OC)c1O. The smallest absolute Gasteiger partial charge is 0.312 e. The van der Waals surface area contributed by atoms with Crippen molar-refractivity contribution < 1.29 is 34.0 Å². The molecule has 0 spiro atoms. The lowest BCUT2D eigenvalue weighted by atomic mass is 9.83. The van der Waals surface area contributed by atoms with E-state index in [0.29, 0.717) is 21.7 Å². The largest absolute Gasteiger partial charge is 0.507 e. The van der Waals surface area contributed by atoms with Crippen LogP contribution in [-0.2, 0) is 4.79 Å². The van der Waals surface area contributed by atoms with Gasteiger partial charge in [-0.05, 0) is 54.1 Å². The second-order valence-electron chi connectivity index (χ2n) is 7.21. The minimum absolute atomic E-state index is 0.0618. The minimum Gasteiger partial charge on any atom is -0.507 e. The summed E-state index contributed by atoms with van der Waals surface area (Å²) in [5.41, 5.74) is 1.24. The van der Waals surface area contributed by atoms with Crippen LogP contribution < -0.4 is 14.2 Å². The zero-order chi connectivity index (χ0) is 23.0. The van der Waals surface area contributed by atoms with Crippen LogP contribution in [0, 0.1) is 0 Å². The van der Waals surface area contributed by atoms with Gasteiger partial charge in [-0.1, -0.05) is 11.6 Å². The van der Waals surface area contributed by atoms with Gasteiger partial charge in [0.1, 0.15) is 11.5 Å². The zero-order valence-corrected chi connectivity index (χ0v) is 18.0. The van der Waals surface area contributed by atoms with Crippen molar-refractivity contribution in [1.82, 2.24) is 0 Å². The molecule has 32 heavy (non-hydrogen) atoms. The highest BCUT2D eigenvalue weighted by Crippen LogP contribution is 2.48. The third-order valence-electron chi connectivity index (χ3n) is 5.38. The second-order valence-corrected chi connectivity index (χ2v) is 7.65. The number of benzene rings is 3. The lowest BCUT2D eigenvalue weighted by Gasteiger charge is -2.27. The molecule has 0 fully saturated rings. The van der Waals surface area contributed by atoms with E-state index >= 15 is 0 Å². The highest BCUT2D eigenvalue weighted by Gasteiger charge is 2.34. The number of phenols is 2. The van der Waals surface area contributed by atoms with Gasteiger partial charge in [-0.15, -0.1) is 0 Å². The van der Waals surface area contributed by atoms with Crippen LogP contribution in [0.3, 0.4) is 0 Å². The van der Waals surface area contributed by atoms with E-state index in [0.717, 1.165) is 0 Å². The van der Waals surface area contributed by atoms with Crippen LogP contribution >= 0.6 is 11.6 Å². The number of ketones is 1. The number of fused-ring (bicyclic) bond motifs is 1. The molecule has 8 heteroatoms. The van der Waals surface area contributed by atoms with Crippen molar-refractivity contribution in [1.29, 1.82) is 0 Å². The number of halogens is 1. The first-order valence-corrected chi connectivity index (χ1v) is 10.0. The zero-order valence-electron chi connectivity index (χ0n) is 17.2. The van der Waals surface area contributed by atoms with E-state index in [9.17, 15) is 19.8 Å². The van der Waals surface area contributed by atoms with Gasteiger partial charge in [0.05, 0.1) is 26.2 Å². The van der Waals surface area contributed by atoms with Crippen LogP contribution in [0.25, 0.3) is 0 Å². The van der Waals surface area contributed by atoms with Crippen LogP contribution in [-0.4, -0.2) is 36.2 Å². The highest BCUT2D eigenvalue weighted by atomic mass is 35.5. The highest BCUT2D eigenvalue weighted by molar-refractivity contribution is 6.30. The Labute approximate surface area is 188 Å². The van der Waals surface area contributed by atoms with E-state index in [1.54, 1.807) is 36.4 Å². The minimum atomic E-state index is -0.660. The summed E-state index contributed by atoms with van der Waals surface area (Å²) in [5.74, 6) is -1.59. The normalized spacial score (nSPS) is 15.0. The van der Waals surface area contributed by atoms with Crippen LogP contribution in [0.4, 0.5) is 0 Å². The molecule has 164 valence electrons.